The van der Waals surface area contributed by atoms with Crippen LogP contribution in [0, 0.1) is 0 Å². The number of H-pyrrole nitrogens is 1. The van der Waals surface area contributed by atoms with Crippen LogP contribution >= 0.6 is 0 Å². The van der Waals surface area contributed by atoms with Crippen LogP contribution in [0.3, 0.4) is 0 Å². The first kappa shape index (κ1) is 14.4. The Kier molecular flexibility index (Phi) is 3.95. The molecule has 1 aromatic heterocycles. The summed E-state index contributed by atoms with van der Waals surface area (Å²) in [4.78, 5) is 10.8. The Morgan fingerprint density at radius 3 is 2.77 bits per heavy atom. The maximum absolute atomic E-state index is 5.96. The minimum Gasteiger partial charge on any atom is -0.497 e. The van der Waals surface area contributed by atoms with Gasteiger partial charge in [0.05, 0.1) is 7.11 Å². The fourth-order valence-electron chi connectivity index (χ4n) is 2.15. The Morgan fingerprint density at radius 2 is 2.14 bits per heavy atom. The topological polar surface area (TPSA) is 92.4 Å². The second-order valence-corrected chi connectivity index (χ2v) is 5.35. The lowest BCUT2D eigenvalue weighted by molar-refractivity contribution is 0.415. The summed E-state index contributed by atoms with van der Waals surface area (Å²) in [7, 11) is 3.61. The van der Waals surface area contributed by atoms with Crippen molar-refractivity contribution >= 4 is 5.96 Å². The number of nitrogens with two attached hydrogens (primary N) is 1. The molecule has 1 aliphatic carbocycles. The Labute approximate surface area is 129 Å². The molecule has 0 amide bonds. The SMILES string of the molecule is COc1ccc(-c2n[nH]c(CN=C(N)N(C)C3CC3)n2)cc1. The summed E-state index contributed by atoms with van der Waals surface area (Å²) in [6, 6.07) is 8.15. The first-order chi connectivity index (χ1) is 10.7. The zero-order valence-corrected chi connectivity index (χ0v) is 12.8. The van der Waals surface area contributed by atoms with Gasteiger partial charge in [-0.2, -0.15) is 5.10 Å². The Balaban J connectivity index is 1.66. The number of benzene rings is 1. The molecule has 1 saturated carbocycles. The maximum Gasteiger partial charge on any atom is 0.191 e. The van der Waals surface area contributed by atoms with Crippen LogP contribution in [0.2, 0.25) is 0 Å². The molecule has 1 fully saturated rings. The van der Waals surface area contributed by atoms with E-state index in [0.29, 0.717) is 30.2 Å². The average Bonchev–Trinajstić information content (AvgIpc) is 3.30. The third kappa shape index (κ3) is 3.19. The highest BCUT2D eigenvalue weighted by Crippen LogP contribution is 2.25. The standard InChI is InChI=1S/C15H20N6O/c1-21(11-5-6-11)15(16)17-9-13-18-14(20-19-13)10-3-7-12(22-2)8-4-10/h3-4,7-8,11H,5-6,9H2,1-2H3,(H2,16,17)(H,18,19,20). The molecular weight excluding hydrogens is 280 g/mol. The number of rotatable bonds is 5. The molecule has 1 heterocycles. The molecule has 2 aromatic rings. The number of hydrogen-bond donors (Lipinski definition) is 2. The van der Waals surface area contributed by atoms with Crippen LogP contribution in [-0.4, -0.2) is 46.2 Å². The van der Waals surface area contributed by atoms with Gasteiger partial charge in [0, 0.05) is 18.7 Å². The lowest BCUT2D eigenvalue weighted by atomic mass is 10.2. The van der Waals surface area contributed by atoms with Crippen LogP contribution in [0.5, 0.6) is 5.75 Å². The molecule has 0 bridgehead atoms. The molecule has 1 aliphatic rings. The van der Waals surface area contributed by atoms with Crippen LogP contribution in [0.15, 0.2) is 29.3 Å². The van der Waals surface area contributed by atoms with Crippen LogP contribution in [0.1, 0.15) is 18.7 Å². The summed E-state index contributed by atoms with van der Waals surface area (Å²) in [6.45, 7) is 0.395. The highest BCUT2D eigenvalue weighted by molar-refractivity contribution is 5.78. The van der Waals surface area contributed by atoms with Gasteiger partial charge in [0.1, 0.15) is 18.1 Å². The van der Waals surface area contributed by atoms with Gasteiger partial charge in [-0.1, -0.05) is 0 Å². The second-order valence-electron chi connectivity index (χ2n) is 5.35. The number of nitrogens with zero attached hydrogens (tertiary/aromatic N) is 4. The zero-order valence-electron chi connectivity index (χ0n) is 12.8. The minimum atomic E-state index is 0.395. The molecule has 22 heavy (non-hydrogen) atoms. The van der Waals surface area contributed by atoms with Crippen LogP contribution in [-0.2, 0) is 6.54 Å². The second kappa shape index (κ2) is 6.05. The van der Waals surface area contributed by atoms with E-state index in [1.807, 2.05) is 36.2 Å². The molecule has 0 radical (unpaired) electrons. The van der Waals surface area contributed by atoms with Gasteiger partial charge in [-0.05, 0) is 37.1 Å². The van der Waals surface area contributed by atoms with Crippen molar-refractivity contribution in [3.8, 4) is 17.1 Å². The Morgan fingerprint density at radius 1 is 1.41 bits per heavy atom. The molecule has 3 N–H and O–H groups in total. The molecule has 7 heteroatoms. The fraction of sp³-hybridized carbons (Fsp3) is 0.400. The Hall–Kier alpha value is -2.57. The van der Waals surface area contributed by atoms with Crippen LogP contribution < -0.4 is 10.5 Å². The van der Waals surface area contributed by atoms with Crippen molar-refractivity contribution in [2.45, 2.75) is 25.4 Å². The number of guanidine groups is 1. The maximum atomic E-state index is 5.96. The predicted octanol–water partition coefficient (Wildman–Crippen LogP) is 1.39. The molecule has 3 rings (SSSR count). The van der Waals surface area contributed by atoms with Gasteiger partial charge in [-0.3, -0.25) is 5.10 Å². The van der Waals surface area contributed by atoms with Crippen molar-refractivity contribution in [2.75, 3.05) is 14.2 Å². The predicted molar refractivity (Wildman–Crippen MR) is 84.5 cm³/mol. The zero-order chi connectivity index (χ0) is 15.5. The molecule has 0 atom stereocenters. The largest absolute Gasteiger partial charge is 0.497 e. The van der Waals surface area contributed by atoms with Gasteiger partial charge in [-0.25, -0.2) is 9.98 Å². The van der Waals surface area contributed by atoms with E-state index in [1.165, 1.54) is 12.8 Å². The third-order valence-electron chi connectivity index (χ3n) is 3.73. The van der Waals surface area contributed by atoms with Gasteiger partial charge in [0.15, 0.2) is 11.8 Å². The van der Waals surface area contributed by atoms with E-state index in [2.05, 4.69) is 20.2 Å². The number of ether oxygens (including phenoxy) is 1. The quantitative estimate of drug-likeness (QED) is 0.643. The smallest absolute Gasteiger partial charge is 0.191 e. The molecular formula is C15H20N6O. The van der Waals surface area contributed by atoms with E-state index in [9.17, 15) is 0 Å². The minimum absolute atomic E-state index is 0.395. The number of aliphatic imine (C=N–C) groups is 1. The van der Waals surface area contributed by atoms with Crippen LogP contribution in [0.25, 0.3) is 11.4 Å². The summed E-state index contributed by atoms with van der Waals surface area (Å²) in [6.07, 6.45) is 2.38. The highest BCUT2D eigenvalue weighted by atomic mass is 16.5. The third-order valence-corrected chi connectivity index (χ3v) is 3.73. The number of aromatic amines is 1. The Bertz CT molecular complexity index is 659. The normalized spacial score (nSPS) is 14.9. The van der Waals surface area contributed by atoms with E-state index >= 15 is 0 Å². The molecule has 0 spiro atoms. The summed E-state index contributed by atoms with van der Waals surface area (Å²) in [5.41, 5.74) is 6.88. The van der Waals surface area contributed by atoms with Crippen molar-refractivity contribution in [2.24, 2.45) is 10.7 Å². The van der Waals surface area contributed by atoms with E-state index < -0.39 is 0 Å². The van der Waals surface area contributed by atoms with E-state index in [0.717, 1.165) is 11.3 Å². The summed E-state index contributed by atoms with van der Waals surface area (Å²) in [5.74, 6) is 2.69. The van der Waals surface area contributed by atoms with Crippen molar-refractivity contribution in [3.05, 3.63) is 30.1 Å². The van der Waals surface area contributed by atoms with E-state index in [4.69, 9.17) is 10.5 Å². The summed E-state index contributed by atoms with van der Waals surface area (Å²) < 4.78 is 5.14. The molecule has 1 aromatic carbocycles. The van der Waals surface area contributed by atoms with Gasteiger partial charge >= 0.3 is 0 Å². The molecule has 7 nitrogen and oxygen atoms in total. The molecule has 0 saturated heterocycles. The van der Waals surface area contributed by atoms with Crippen molar-refractivity contribution in [3.63, 3.8) is 0 Å². The molecule has 116 valence electrons. The fourth-order valence-corrected chi connectivity index (χ4v) is 2.15. The number of hydrogen-bond acceptors (Lipinski definition) is 4. The summed E-state index contributed by atoms with van der Waals surface area (Å²) >= 11 is 0. The lowest BCUT2D eigenvalue weighted by Crippen LogP contribution is -2.35. The van der Waals surface area contributed by atoms with E-state index in [1.54, 1.807) is 7.11 Å². The van der Waals surface area contributed by atoms with Crippen molar-refractivity contribution in [1.82, 2.24) is 20.1 Å². The van der Waals surface area contributed by atoms with Gasteiger partial charge < -0.3 is 15.4 Å². The monoisotopic (exact) mass is 300 g/mol. The number of methoxy groups -OCH3 is 1. The highest BCUT2D eigenvalue weighted by Gasteiger charge is 2.27. The first-order valence-corrected chi connectivity index (χ1v) is 7.26. The van der Waals surface area contributed by atoms with Gasteiger partial charge in [-0.15, -0.1) is 0 Å². The average molecular weight is 300 g/mol. The van der Waals surface area contributed by atoms with Gasteiger partial charge in [0.25, 0.3) is 0 Å². The summed E-state index contributed by atoms with van der Waals surface area (Å²) in [5, 5.41) is 7.11. The number of nitrogens with one attached hydrogen (secondary N) is 1. The number of aromatic nitrogens is 3. The first-order valence-electron chi connectivity index (χ1n) is 7.26. The van der Waals surface area contributed by atoms with Crippen molar-refractivity contribution in [1.29, 1.82) is 0 Å². The van der Waals surface area contributed by atoms with Crippen LogP contribution in [0.4, 0.5) is 0 Å². The molecule has 0 unspecified atom stereocenters. The van der Waals surface area contributed by atoms with E-state index in [-0.39, 0.29) is 0 Å². The van der Waals surface area contributed by atoms with Crippen molar-refractivity contribution < 1.29 is 4.74 Å². The van der Waals surface area contributed by atoms with Gasteiger partial charge in [0.2, 0.25) is 0 Å². The molecule has 0 aliphatic heterocycles. The lowest BCUT2D eigenvalue weighted by Gasteiger charge is -2.16.